The molecule has 1 aromatic heterocycles. The number of allylic oxidation sites excluding steroid dienone is 5. The fraction of sp³-hybridized carbons (Fsp3) is 0.0204. The van der Waals surface area contributed by atoms with Crippen LogP contribution in [0.5, 0.6) is 0 Å². The summed E-state index contributed by atoms with van der Waals surface area (Å²) in [5.41, 5.74) is 11.2. The first kappa shape index (κ1) is 30.5. The molecule has 0 fully saturated rings. The number of fused-ring (bicyclic) bond motifs is 5. The van der Waals surface area contributed by atoms with Gasteiger partial charge < -0.3 is 4.57 Å². The van der Waals surface area contributed by atoms with Crippen LogP contribution < -0.4 is 10.4 Å². The average molecular weight is 656 g/mol. The van der Waals surface area contributed by atoms with Crippen molar-refractivity contribution in [3.05, 3.63) is 222 Å². The van der Waals surface area contributed by atoms with Gasteiger partial charge in [0, 0.05) is 16.5 Å². The Morgan fingerprint density at radius 1 is 0.529 bits per heavy atom. The fourth-order valence-corrected chi connectivity index (χ4v) is 7.69. The Hall–Kier alpha value is -6.51. The maximum absolute atomic E-state index is 14.2. The van der Waals surface area contributed by atoms with E-state index in [9.17, 15) is 4.39 Å². The fourth-order valence-electron chi connectivity index (χ4n) is 7.69. The second-order valence-electron chi connectivity index (χ2n) is 13.1. The van der Waals surface area contributed by atoms with Gasteiger partial charge in [0.05, 0.1) is 11.0 Å². The highest BCUT2D eigenvalue weighted by Crippen LogP contribution is 2.34. The molecule has 1 heterocycles. The Morgan fingerprint density at radius 3 is 2.00 bits per heavy atom. The first-order valence-electron chi connectivity index (χ1n) is 17.4. The van der Waals surface area contributed by atoms with Gasteiger partial charge in [0.25, 0.3) is 0 Å². The molecule has 1 nitrogen and oxygen atoms in total. The van der Waals surface area contributed by atoms with Gasteiger partial charge in [0.15, 0.2) is 0 Å². The monoisotopic (exact) mass is 655 g/mol. The molecule has 0 amide bonds. The quantitative estimate of drug-likeness (QED) is 0.178. The average Bonchev–Trinajstić information content (AvgIpc) is 3.50. The zero-order valence-electron chi connectivity index (χ0n) is 28.1. The molecular weight excluding hydrogens is 622 g/mol. The first-order chi connectivity index (χ1) is 25.1. The lowest BCUT2D eigenvalue weighted by atomic mass is 9.89. The summed E-state index contributed by atoms with van der Waals surface area (Å²) in [7, 11) is 0. The minimum absolute atomic E-state index is 0.224. The molecule has 0 spiro atoms. The van der Waals surface area contributed by atoms with Crippen molar-refractivity contribution in [2.24, 2.45) is 0 Å². The summed E-state index contributed by atoms with van der Waals surface area (Å²) in [6, 6.07) is 54.7. The number of aromatic nitrogens is 1. The summed E-state index contributed by atoms with van der Waals surface area (Å²) in [5, 5.41) is 6.79. The number of halogens is 1. The zero-order valence-corrected chi connectivity index (χ0v) is 28.1. The second-order valence-corrected chi connectivity index (χ2v) is 13.1. The van der Waals surface area contributed by atoms with E-state index >= 15 is 0 Å². The van der Waals surface area contributed by atoms with Crippen LogP contribution in [0, 0.1) is 5.82 Å². The second kappa shape index (κ2) is 12.7. The lowest BCUT2D eigenvalue weighted by molar-refractivity contribution is 0.629. The van der Waals surface area contributed by atoms with Crippen molar-refractivity contribution in [1.29, 1.82) is 0 Å². The van der Waals surface area contributed by atoms with Crippen LogP contribution in [0.4, 0.5) is 4.39 Å². The van der Waals surface area contributed by atoms with Crippen molar-refractivity contribution >= 4 is 43.7 Å². The van der Waals surface area contributed by atoms with Crippen LogP contribution in [0.1, 0.15) is 17.5 Å². The molecule has 0 saturated carbocycles. The highest BCUT2D eigenvalue weighted by Gasteiger charge is 2.15. The molecule has 0 saturated heterocycles. The smallest absolute Gasteiger partial charge is 0.123 e. The molecular formula is C49H34FN. The van der Waals surface area contributed by atoms with E-state index in [0.717, 1.165) is 56.2 Å². The van der Waals surface area contributed by atoms with Crippen molar-refractivity contribution in [3.63, 3.8) is 0 Å². The topological polar surface area (TPSA) is 4.93 Å². The highest BCUT2D eigenvalue weighted by atomic mass is 19.1. The minimum Gasteiger partial charge on any atom is -0.309 e. The predicted octanol–water partition coefficient (Wildman–Crippen LogP) is 11.2. The molecule has 1 aliphatic carbocycles. The molecule has 2 heteroatoms. The molecule has 9 rings (SSSR count). The summed E-state index contributed by atoms with van der Waals surface area (Å²) < 4.78 is 16.5. The lowest BCUT2D eigenvalue weighted by Gasteiger charge is -2.15. The molecule has 0 bridgehead atoms. The lowest BCUT2D eigenvalue weighted by Crippen LogP contribution is -2.30. The van der Waals surface area contributed by atoms with Crippen LogP contribution in [0.2, 0.25) is 0 Å². The van der Waals surface area contributed by atoms with Crippen LogP contribution in [0.3, 0.4) is 0 Å². The van der Waals surface area contributed by atoms with Gasteiger partial charge in [-0.15, -0.1) is 0 Å². The highest BCUT2D eigenvalue weighted by molar-refractivity contribution is 6.09. The van der Waals surface area contributed by atoms with Crippen molar-refractivity contribution in [3.8, 4) is 16.8 Å². The van der Waals surface area contributed by atoms with E-state index in [1.54, 1.807) is 6.07 Å². The Kier molecular flexibility index (Phi) is 7.63. The number of para-hydroxylation sites is 1. The van der Waals surface area contributed by atoms with E-state index in [1.807, 2.05) is 18.2 Å². The number of hydrogen-bond acceptors (Lipinski definition) is 0. The van der Waals surface area contributed by atoms with Gasteiger partial charge in [-0.3, -0.25) is 0 Å². The largest absolute Gasteiger partial charge is 0.309 e. The van der Waals surface area contributed by atoms with E-state index in [2.05, 4.69) is 163 Å². The van der Waals surface area contributed by atoms with Crippen LogP contribution in [0.25, 0.3) is 60.5 Å². The number of hydrogen-bond donors (Lipinski definition) is 0. The third kappa shape index (κ3) is 5.42. The van der Waals surface area contributed by atoms with Gasteiger partial charge in [-0.1, -0.05) is 152 Å². The van der Waals surface area contributed by atoms with E-state index in [4.69, 9.17) is 0 Å². The van der Waals surface area contributed by atoms with Crippen molar-refractivity contribution in [1.82, 2.24) is 4.57 Å². The van der Waals surface area contributed by atoms with Crippen LogP contribution in [-0.4, -0.2) is 4.57 Å². The third-order valence-corrected chi connectivity index (χ3v) is 10.1. The van der Waals surface area contributed by atoms with Crippen molar-refractivity contribution in [2.75, 3.05) is 0 Å². The number of rotatable bonds is 4. The summed E-state index contributed by atoms with van der Waals surface area (Å²) in [5.74, 6) is -0.224. The Balaban J connectivity index is 1.15. The standard InChI is InChI=1S/C49H34FN/c1-33-12-3-2-4-15-40(42-17-7-8-19-45(42)49(33)44-20-11-14-36-13-5-6-16-41(36)44)37-24-22-34(23-25-37)35-26-29-39(30-27-35)51-47-21-10-9-18-43(47)46-32-38(50)28-31-48(46)51/h2-14,16-32H,1,15H2/b4-2-,12-3-,42-40+,49-45?. The number of benzene rings is 7. The van der Waals surface area contributed by atoms with Crippen molar-refractivity contribution in [2.45, 2.75) is 6.42 Å². The molecule has 0 aliphatic heterocycles. The Labute approximate surface area is 296 Å². The maximum atomic E-state index is 14.2. The van der Waals surface area contributed by atoms with Crippen molar-refractivity contribution < 1.29 is 4.39 Å². The third-order valence-electron chi connectivity index (χ3n) is 10.1. The molecule has 0 N–H and O–H groups in total. The summed E-state index contributed by atoms with van der Waals surface area (Å²) in [6.45, 7) is 4.57. The first-order valence-corrected chi connectivity index (χ1v) is 17.4. The van der Waals surface area contributed by atoms with Gasteiger partial charge >= 0.3 is 0 Å². The predicted molar refractivity (Wildman–Crippen MR) is 213 cm³/mol. The number of nitrogens with zero attached hydrogens (tertiary/aromatic N) is 1. The normalized spacial score (nSPS) is 15.6. The summed E-state index contributed by atoms with van der Waals surface area (Å²) >= 11 is 0. The molecule has 0 unspecified atom stereocenters. The molecule has 242 valence electrons. The zero-order chi connectivity index (χ0) is 34.3. The summed E-state index contributed by atoms with van der Waals surface area (Å²) in [4.78, 5) is 0. The Bertz CT molecular complexity index is 2820. The molecule has 51 heavy (non-hydrogen) atoms. The van der Waals surface area contributed by atoms with Gasteiger partial charge in [-0.2, -0.15) is 0 Å². The van der Waals surface area contributed by atoms with Crippen LogP contribution >= 0.6 is 0 Å². The van der Waals surface area contributed by atoms with Gasteiger partial charge in [0.2, 0.25) is 0 Å². The van der Waals surface area contributed by atoms with Gasteiger partial charge in [0.1, 0.15) is 5.82 Å². The summed E-state index contributed by atoms with van der Waals surface area (Å²) in [6.07, 6.45) is 9.38. The Morgan fingerprint density at radius 2 is 1.18 bits per heavy atom. The molecule has 8 aromatic rings. The molecule has 7 aromatic carbocycles. The van der Waals surface area contributed by atoms with E-state index < -0.39 is 0 Å². The molecule has 1 aliphatic rings. The van der Waals surface area contributed by atoms with Crippen LogP contribution in [-0.2, 0) is 0 Å². The van der Waals surface area contributed by atoms with Gasteiger partial charge in [-0.25, -0.2) is 4.39 Å². The SMILES string of the molecule is C=C1/C=C\C=C/C/C(c2ccc(-c3ccc(-n4c5ccccc5c5cc(F)ccc54)cc3)cc2)=c2/ccccc2=C1c1cccc2ccccc12. The van der Waals surface area contributed by atoms with Gasteiger partial charge in [-0.05, 0) is 103 Å². The van der Waals surface area contributed by atoms with E-state index in [0.29, 0.717) is 0 Å². The minimum atomic E-state index is -0.224. The molecule has 0 atom stereocenters. The molecule has 0 radical (unpaired) electrons. The maximum Gasteiger partial charge on any atom is 0.123 e. The van der Waals surface area contributed by atoms with E-state index in [-0.39, 0.29) is 5.82 Å². The van der Waals surface area contributed by atoms with E-state index in [1.165, 1.54) is 44.0 Å². The van der Waals surface area contributed by atoms with Crippen LogP contribution in [0.15, 0.2) is 194 Å².